The Labute approximate surface area is 298 Å². The van der Waals surface area contributed by atoms with Crippen LogP contribution in [0.3, 0.4) is 0 Å². The van der Waals surface area contributed by atoms with Crippen molar-refractivity contribution in [2.24, 2.45) is 10.9 Å². The van der Waals surface area contributed by atoms with Crippen molar-refractivity contribution in [3.8, 4) is 28.3 Å². The molecule has 0 aliphatic rings. The number of fused-ring (bicyclic) bond motifs is 2. The maximum Gasteiger partial charge on any atom is 0.229 e. The van der Waals surface area contributed by atoms with E-state index in [0.29, 0.717) is 17.4 Å². The molecule has 6 aromatic rings. The van der Waals surface area contributed by atoms with E-state index in [9.17, 15) is 5.11 Å². The van der Waals surface area contributed by atoms with Gasteiger partial charge in [0.15, 0.2) is 5.58 Å². The number of aromatic nitrogens is 1. The fourth-order valence-corrected chi connectivity index (χ4v) is 6.60. The summed E-state index contributed by atoms with van der Waals surface area (Å²) in [7, 11) is 0. The van der Waals surface area contributed by atoms with Crippen molar-refractivity contribution in [3.63, 3.8) is 0 Å². The molecule has 50 heavy (non-hydrogen) atoms. The predicted molar refractivity (Wildman–Crippen MR) is 212 cm³/mol. The molecule has 0 saturated carbocycles. The maximum atomic E-state index is 11.6. The molecule has 6 rings (SSSR count). The molecule has 0 aliphatic carbocycles. The minimum atomic E-state index is -0.241. The zero-order valence-corrected chi connectivity index (χ0v) is 31.7. The van der Waals surface area contributed by atoms with Crippen LogP contribution in [0.5, 0.6) is 5.75 Å². The van der Waals surface area contributed by atoms with E-state index in [4.69, 9.17) is 14.4 Å². The highest BCUT2D eigenvalue weighted by atomic mass is 16.3. The van der Waals surface area contributed by atoms with Gasteiger partial charge in [-0.1, -0.05) is 137 Å². The first-order valence-electron chi connectivity index (χ1n) is 17.9. The Bertz CT molecular complexity index is 2230. The fraction of sp³-hybridized carbons (Fsp3) is 0.348. The lowest BCUT2D eigenvalue weighted by molar-refractivity contribution is 0.444. The average Bonchev–Trinajstić information content (AvgIpc) is 3.46. The van der Waals surface area contributed by atoms with Gasteiger partial charge in [-0.2, -0.15) is 0 Å². The van der Waals surface area contributed by atoms with Gasteiger partial charge in [-0.15, -0.1) is 0 Å². The van der Waals surface area contributed by atoms with E-state index in [0.717, 1.165) is 61.8 Å². The molecule has 4 nitrogen and oxygen atoms in total. The Balaban J connectivity index is 1.57. The van der Waals surface area contributed by atoms with Crippen LogP contribution >= 0.6 is 0 Å². The second-order valence-corrected chi connectivity index (χ2v) is 17.3. The summed E-state index contributed by atoms with van der Waals surface area (Å²) < 4.78 is 6.71. The predicted octanol–water partition coefficient (Wildman–Crippen LogP) is 12.9. The first-order valence-corrected chi connectivity index (χ1v) is 17.9. The van der Waals surface area contributed by atoms with Crippen LogP contribution in [-0.2, 0) is 22.7 Å². The zero-order valence-electron chi connectivity index (χ0n) is 31.7. The number of oxazole rings is 1. The van der Waals surface area contributed by atoms with Gasteiger partial charge in [-0.3, -0.25) is 4.99 Å². The molecule has 4 heteroatoms. The number of hydrogen-bond acceptors (Lipinski definition) is 4. The van der Waals surface area contributed by atoms with Crippen molar-refractivity contribution in [3.05, 3.63) is 113 Å². The van der Waals surface area contributed by atoms with Crippen LogP contribution in [0, 0.1) is 5.92 Å². The molecule has 0 bridgehead atoms. The third-order valence-corrected chi connectivity index (χ3v) is 9.52. The molecule has 0 unspecified atom stereocenters. The molecule has 0 atom stereocenters. The SMILES string of the molecule is CC(C)Cc1cccc(-c2cc(C(C)(C)C)cc3oc(-c4ccc5ccccc5c4N=Cc4cc(C(C)(C)C)cc(C(C)(C)C)c4O)nc23)c1. The molecule has 1 N–H and O–H groups in total. The Morgan fingerprint density at radius 2 is 1.44 bits per heavy atom. The molecular formula is C46H52N2O2. The first-order chi connectivity index (χ1) is 23.4. The molecular weight excluding hydrogens is 613 g/mol. The summed E-state index contributed by atoms with van der Waals surface area (Å²) in [6, 6.07) is 29.9. The van der Waals surface area contributed by atoms with Gasteiger partial charge in [0.2, 0.25) is 5.89 Å². The van der Waals surface area contributed by atoms with E-state index in [-0.39, 0.29) is 22.0 Å². The summed E-state index contributed by atoms with van der Waals surface area (Å²) in [6.45, 7) is 24.2. The van der Waals surface area contributed by atoms with E-state index >= 15 is 0 Å². The van der Waals surface area contributed by atoms with Gasteiger partial charge in [0.05, 0.1) is 11.3 Å². The fourth-order valence-electron chi connectivity index (χ4n) is 6.60. The summed E-state index contributed by atoms with van der Waals surface area (Å²) in [5, 5.41) is 13.6. The van der Waals surface area contributed by atoms with Gasteiger partial charge in [0.25, 0.3) is 0 Å². The Hall–Kier alpha value is -4.70. The quantitative estimate of drug-likeness (QED) is 0.180. The van der Waals surface area contributed by atoms with Crippen LogP contribution in [0.15, 0.2) is 94.3 Å². The minimum Gasteiger partial charge on any atom is -0.507 e. The Kier molecular flexibility index (Phi) is 9.05. The molecule has 0 spiro atoms. The third-order valence-electron chi connectivity index (χ3n) is 9.52. The molecule has 0 aliphatic heterocycles. The van der Waals surface area contributed by atoms with E-state index in [1.54, 1.807) is 6.21 Å². The lowest BCUT2D eigenvalue weighted by Crippen LogP contribution is -2.17. The molecule has 0 saturated heterocycles. The largest absolute Gasteiger partial charge is 0.507 e. The van der Waals surface area contributed by atoms with Crippen LogP contribution < -0.4 is 0 Å². The van der Waals surface area contributed by atoms with Crippen molar-refractivity contribution in [2.75, 3.05) is 0 Å². The van der Waals surface area contributed by atoms with Crippen molar-refractivity contribution < 1.29 is 9.52 Å². The number of nitrogens with zero attached hydrogens (tertiary/aromatic N) is 2. The van der Waals surface area contributed by atoms with Crippen LogP contribution in [0.1, 0.15) is 104 Å². The highest BCUT2D eigenvalue weighted by Gasteiger charge is 2.26. The number of aromatic hydroxyl groups is 1. The Morgan fingerprint density at radius 1 is 0.740 bits per heavy atom. The number of aliphatic imine (C=N–C) groups is 1. The molecule has 0 fully saturated rings. The standard InChI is InChI=1S/C46H52N2O2/c1-28(2)21-29-15-14-17-31(22-29)37-24-34(45(6,7)8)26-39-41(37)48-43(50-39)36-20-19-30-16-12-13-18-35(30)40(36)47-27-32-23-33(44(3,4)5)25-38(42(32)49)46(9,10)11/h12-20,22-28,49H,21H2,1-11H3. The van der Waals surface area contributed by atoms with Crippen LogP contribution in [0.4, 0.5) is 5.69 Å². The number of phenols is 1. The molecule has 5 aromatic carbocycles. The van der Waals surface area contributed by atoms with Gasteiger partial charge < -0.3 is 9.52 Å². The van der Waals surface area contributed by atoms with Crippen molar-refractivity contribution in [1.82, 2.24) is 4.98 Å². The summed E-state index contributed by atoms with van der Waals surface area (Å²) in [5.41, 5.74) is 10.2. The van der Waals surface area contributed by atoms with E-state index in [1.165, 1.54) is 11.1 Å². The molecule has 1 heterocycles. The normalized spacial score (nSPS) is 13.0. The van der Waals surface area contributed by atoms with Crippen LogP contribution in [-0.4, -0.2) is 16.3 Å². The van der Waals surface area contributed by atoms with Crippen molar-refractivity contribution in [2.45, 2.75) is 98.8 Å². The summed E-state index contributed by atoms with van der Waals surface area (Å²) in [4.78, 5) is 10.4. The van der Waals surface area contributed by atoms with Gasteiger partial charge in [-0.05, 0) is 80.5 Å². The number of rotatable bonds is 6. The van der Waals surface area contributed by atoms with E-state index in [1.807, 2.05) is 12.1 Å². The lowest BCUT2D eigenvalue weighted by Gasteiger charge is -2.27. The highest BCUT2D eigenvalue weighted by molar-refractivity contribution is 6.03. The average molecular weight is 665 g/mol. The van der Waals surface area contributed by atoms with Crippen LogP contribution in [0.25, 0.3) is 44.5 Å². The van der Waals surface area contributed by atoms with Crippen LogP contribution in [0.2, 0.25) is 0 Å². The highest BCUT2D eigenvalue weighted by Crippen LogP contribution is 2.42. The van der Waals surface area contributed by atoms with Gasteiger partial charge >= 0.3 is 0 Å². The Morgan fingerprint density at radius 3 is 2.12 bits per heavy atom. The molecule has 0 radical (unpaired) electrons. The number of phenolic OH excluding ortho intramolecular Hbond substituents is 1. The van der Waals surface area contributed by atoms with E-state index in [2.05, 4.69) is 149 Å². The summed E-state index contributed by atoms with van der Waals surface area (Å²) in [5.74, 6) is 1.35. The summed E-state index contributed by atoms with van der Waals surface area (Å²) in [6.07, 6.45) is 2.82. The monoisotopic (exact) mass is 664 g/mol. The van der Waals surface area contributed by atoms with E-state index < -0.39 is 0 Å². The number of benzene rings is 5. The summed E-state index contributed by atoms with van der Waals surface area (Å²) >= 11 is 0. The second-order valence-electron chi connectivity index (χ2n) is 17.3. The van der Waals surface area contributed by atoms with Crippen molar-refractivity contribution >= 4 is 33.8 Å². The lowest BCUT2D eigenvalue weighted by atomic mass is 9.79. The van der Waals surface area contributed by atoms with Crippen molar-refractivity contribution in [1.29, 1.82) is 0 Å². The van der Waals surface area contributed by atoms with Gasteiger partial charge in [0, 0.05) is 28.3 Å². The molecule has 1 aromatic heterocycles. The smallest absolute Gasteiger partial charge is 0.229 e. The minimum absolute atomic E-state index is 0.0840. The molecule has 258 valence electrons. The molecule has 0 amide bonds. The first kappa shape index (κ1) is 35.1. The third kappa shape index (κ3) is 7.12. The second kappa shape index (κ2) is 12.9. The van der Waals surface area contributed by atoms with Gasteiger partial charge in [0.1, 0.15) is 11.3 Å². The maximum absolute atomic E-state index is 11.6. The number of hydrogen-bond donors (Lipinski definition) is 1. The topological polar surface area (TPSA) is 58.6 Å². The van der Waals surface area contributed by atoms with Gasteiger partial charge in [-0.25, -0.2) is 4.98 Å². The zero-order chi connectivity index (χ0) is 36.2.